The third kappa shape index (κ3) is 11.1. The summed E-state index contributed by atoms with van der Waals surface area (Å²) >= 11 is 0. The number of carbonyl (C=O) groups is 2. The van der Waals surface area contributed by atoms with E-state index in [1.54, 1.807) is 30.3 Å². The van der Waals surface area contributed by atoms with E-state index in [1.165, 1.54) is 38.5 Å². The van der Waals surface area contributed by atoms with Crippen LogP contribution in [0.4, 0.5) is 0 Å². The number of benzene rings is 3. The molecular formula is C36H46O5. The van der Waals surface area contributed by atoms with Gasteiger partial charge in [-0.1, -0.05) is 95.5 Å². The van der Waals surface area contributed by atoms with E-state index in [9.17, 15) is 9.59 Å². The molecule has 0 bridgehead atoms. The zero-order valence-corrected chi connectivity index (χ0v) is 25.0. The highest BCUT2D eigenvalue weighted by molar-refractivity contribution is 5.99. The van der Waals surface area contributed by atoms with Gasteiger partial charge in [0.05, 0.1) is 23.8 Å². The van der Waals surface area contributed by atoms with Gasteiger partial charge < -0.3 is 14.2 Å². The summed E-state index contributed by atoms with van der Waals surface area (Å²) in [5.74, 6) is 0.154. The maximum Gasteiger partial charge on any atom is 0.344 e. The van der Waals surface area contributed by atoms with Crippen LogP contribution in [-0.4, -0.2) is 24.6 Å². The van der Waals surface area contributed by atoms with Gasteiger partial charge in [-0.2, -0.15) is 0 Å². The number of esters is 2. The van der Waals surface area contributed by atoms with Gasteiger partial charge in [-0.05, 0) is 79.8 Å². The first kappa shape index (κ1) is 31.9. The molecule has 0 N–H and O–H groups in total. The molecule has 1 atom stereocenters. The topological polar surface area (TPSA) is 61.8 Å². The molecule has 220 valence electrons. The Bertz CT molecular complexity index is 1190. The van der Waals surface area contributed by atoms with Crippen molar-refractivity contribution in [1.29, 1.82) is 0 Å². The molecule has 0 spiro atoms. The smallest absolute Gasteiger partial charge is 0.344 e. The van der Waals surface area contributed by atoms with Gasteiger partial charge >= 0.3 is 11.9 Å². The number of ether oxygens (including phenoxy) is 3. The molecule has 1 unspecified atom stereocenters. The maximum atomic E-state index is 13.4. The lowest BCUT2D eigenvalue weighted by atomic mass is 9.99. The van der Waals surface area contributed by atoms with Gasteiger partial charge in [-0.25, -0.2) is 9.59 Å². The molecule has 0 saturated heterocycles. The summed E-state index contributed by atoms with van der Waals surface area (Å²) in [7, 11) is 0. The minimum atomic E-state index is -0.482. The lowest BCUT2D eigenvalue weighted by molar-refractivity contribution is 0.0319. The first-order valence-electron chi connectivity index (χ1n) is 15.4. The molecule has 0 fully saturated rings. The van der Waals surface area contributed by atoms with Crippen molar-refractivity contribution >= 4 is 11.9 Å². The molecule has 3 aromatic rings. The second-order valence-corrected chi connectivity index (χ2v) is 10.7. The molecule has 0 aliphatic rings. The van der Waals surface area contributed by atoms with Gasteiger partial charge in [0.15, 0.2) is 0 Å². The van der Waals surface area contributed by atoms with Crippen LogP contribution in [-0.2, 0) is 4.74 Å². The minimum Gasteiger partial charge on any atom is -0.494 e. The van der Waals surface area contributed by atoms with Gasteiger partial charge in [0.25, 0.3) is 0 Å². The van der Waals surface area contributed by atoms with E-state index in [4.69, 9.17) is 14.2 Å². The highest BCUT2D eigenvalue weighted by atomic mass is 16.5. The summed E-state index contributed by atoms with van der Waals surface area (Å²) < 4.78 is 17.3. The number of rotatable bonds is 18. The number of unbranched alkanes of at least 4 members (excludes halogenated alkanes) is 8. The number of hydrogen-bond acceptors (Lipinski definition) is 5. The zero-order valence-electron chi connectivity index (χ0n) is 25.0. The molecule has 0 aromatic heterocycles. The molecule has 3 aromatic carbocycles. The Balaban J connectivity index is 1.64. The normalized spacial score (nSPS) is 11.6. The summed E-state index contributed by atoms with van der Waals surface area (Å²) in [6, 6.07) is 21.8. The van der Waals surface area contributed by atoms with Crippen molar-refractivity contribution < 1.29 is 23.8 Å². The van der Waals surface area contributed by atoms with Gasteiger partial charge in [-0.15, -0.1) is 0 Å². The number of hydrogen-bond donors (Lipinski definition) is 0. The van der Waals surface area contributed by atoms with Crippen LogP contribution < -0.4 is 9.47 Å². The summed E-state index contributed by atoms with van der Waals surface area (Å²) in [6.07, 6.45) is 12.4. The van der Waals surface area contributed by atoms with Gasteiger partial charge in [0.2, 0.25) is 0 Å². The molecule has 5 nitrogen and oxygen atoms in total. The SMILES string of the molecule is CCCCCCCCOc1ccc(-c2ccccc2)c(C(=O)Oc2ccc(C(=O)OC(C)CCCCCC)cc2)c1. The molecule has 0 heterocycles. The lowest BCUT2D eigenvalue weighted by Gasteiger charge is -2.14. The predicted molar refractivity (Wildman–Crippen MR) is 166 cm³/mol. The molecule has 0 aliphatic carbocycles. The molecule has 0 radical (unpaired) electrons. The Labute approximate surface area is 246 Å². The van der Waals surface area contributed by atoms with Crippen molar-refractivity contribution in [3.8, 4) is 22.6 Å². The summed E-state index contributed by atoms with van der Waals surface area (Å²) in [4.78, 5) is 25.9. The van der Waals surface area contributed by atoms with Crippen molar-refractivity contribution in [2.75, 3.05) is 6.61 Å². The van der Waals surface area contributed by atoms with E-state index >= 15 is 0 Å². The van der Waals surface area contributed by atoms with E-state index in [1.807, 2.05) is 49.4 Å². The van der Waals surface area contributed by atoms with E-state index in [2.05, 4.69) is 13.8 Å². The minimum absolute atomic E-state index is 0.135. The molecule has 5 heteroatoms. The van der Waals surface area contributed by atoms with E-state index < -0.39 is 5.97 Å². The van der Waals surface area contributed by atoms with Crippen LogP contribution in [0.25, 0.3) is 11.1 Å². The Kier molecular flexibility index (Phi) is 14.0. The third-order valence-corrected chi connectivity index (χ3v) is 7.14. The fourth-order valence-corrected chi connectivity index (χ4v) is 4.71. The predicted octanol–water partition coefficient (Wildman–Crippen LogP) is 9.83. The quantitative estimate of drug-likeness (QED) is 0.0883. The Morgan fingerprint density at radius 2 is 1.32 bits per heavy atom. The highest BCUT2D eigenvalue weighted by Gasteiger charge is 2.18. The van der Waals surface area contributed by atoms with Gasteiger partial charge in [-0.3, -0.25) is 0 Å². The van der Waals surface area contributed by atoms with Crippen LogP contribution in [0.2, 0.25) is 0 Å². The van der Waals surface area contributed by atoms with Gasteiger partial charge in [0, 0.05) is 0 Å². The van der Waals surface area contributed by atoms with Crippen molar-refractivity contribution in [1.82, 2.24) is 0 Å². The van der Waals surface area contributed by atoms with Crippen LogP contribution in [0, 0.1) is 0 Å². The zero-order chi connectivity index (χ0) is 29.3. The van der Waals surface area contributed by atoms with Crippen molar-refractivity contribution in [3.05, 3.63) is 83.9 Å². The molecule has 0 amide bonds. The standard InChI is InChI=1S/C36H46O5/c1-4-6-8-10-11-16-26-39-32-24-25-33(29-18-14-12-15-19-29)34(27-32)36(38)41-31-22-20-30(21-23-31)35(37)40-28(3)17-13-9-7-5-2/h12,14-15,18-25,27-28H,4-11,13,16-17,26H2,1-3H3. The van der Waals surface area contributed by atoms with E-state index in [-0.39, 0.29) is 12.1 Å². The molecule has 0 aliphatic heterocycles. The van der Waals surface area contributed by atoms with Crippen LogP contribution in [0.3, 0.4) is 0 Å². The average Bonchev–Trinajstić information content (AvgIpc) is 2.99. The first-order chi connectivity index (χ1) is 20.0. The molecule has 41 heavy (non-hydrogen) atoms. The van der Waals surface area contributed by atoms with Crippen molar-refractivity contribution in [2.45, 2.75) is 97.5 Å². The number of carbonyl (C=O) groups excluding carboxylic acids is 2. The van der Waals surface area contributed by atoms with Gasteiger partial charge in [0.1, 0.15) is 11.5 Å². The van der Waals surface area contributed by atoms with Crippen LogP contribution in [0.15, 0.2) is 72.8 Å². The molecule has 0 saturated carbocycles. The van der Waals surface area contributed by atoms with Crippen LogP contribution >= 0.6 is 0 Å². The Morgan fingerprint density at radius 3 is 2.02 bits per heavy atom. The Morgan fingerprint density at radius 1 is 0.683 bits per heavy atom. The molecule has 3 rings (SSSR count). The summed E-state index contributed by atoms with van der Waals surface area (Å²) in [6.45, 7) is 6.93. The fraction of sp³-hybridized carbons (Fsp3) is 0.444. The largest absolute Gasteiger partial charge is 0.494 e. The molecular weight excluding hydrogens is 512 g/mol. The second kappa shape index (κ2) is 18.0. The lowest BCUT2D eigenvalue weighted by Crippen LogP contribution is -2.15. The fourth-order valence-electron chi connectivity index (χ4n) is 4.71. The summed E-state index contributed by atoms with van der Waals surface area (Å²) in [5, 5.41) is 0. The van der Waals surface area contributed by atoms with Crippen LogP contribution in [0.5, 0.6) is 11.5 Å². The third-order valence-electron chi connectivity index (χ3n) is 7.14. The van der Waals surface area contributed by atoms with Crippen molar-refractivity contribution in [2.24, 2.45) is 0 Å². The maximum absolute atomic E-state index is 13.4. The summed E-state index contributed by atoms with van der Waals surface area (Å²) in [5.41, 5.74) is 2.55. The van der Waals surface area contributed by atoms with Crippen molar-refractivity contribution in [3.63, 3.8) is 0 Å². The Hall–Kier alpha value is -3.60. The second-order valence-electron chi connectivity index (χ2n) is 10.7. The van der Waals surface area contributed by atoms with Crippen LogP contribution in [0.1, 0.15) is 112 Å². The van der Waals surface area contributed by atoms with E-state index in [0.29, 0.717) is 29.2 Å². The average molecular weight is 559 g/mol. The monoisotopic (exact) mass is 558 g/mol. The highest BCUT2D eigenvalue weighted by Crippen LogP contribution is 2.29. The van der Waals surface area contributed by atoms with E-state index in [0.717, 1.165) is 43.2 Å². The first-order valence-corrected chi connectivity index (χ1v) is 15.4.